The maximum Gasteiger partial charge on any atom is 0.365 e. The molecule has 1 unspecified atom stereocenters. The van der Waals surface area contributed by atoms with Crippen LogP contribution in [0.4, 0.5) is 0 Å². The molecule has 13 heavy (non-hydrogen) atoms. The van der Waals surface area contributed by atoms with Crippen LogP contribution in [-0.2, 0) is 11.0 Å². The lowest BCUT2D eigenvalue weighted by Gasteiger charge is -2.07. The Balaban J connectivity index is 2.84. The fraction of sp³-hybridized carbons (Fsp3) is 0.333. The van der Waals surface area contributed by atoms with Crippen molar-refractivity contribution < 1.29 is 14.0 Å². The molecule has 1 rings (SSSR count). The van der Waals surface area contributed by atoms with E-state index in [0.717, 1.165) is 18.4 Å². The summed E-state index contributed by atoms with van der Waals surface area (Å²) in [5.41, 5.74) is 0.984. The van der Waals surface area contributed by atoms with Gasteiger partial charge in [0.2, 0.25) is 0 Å². The minimum absolute atomic E-state index is 0.524. The highest BCUT2D eigenvalue weighted by molar-refractivity contribution is 7.32. The minimum atomic E-state index is -2.88. The van der Waals surface area contributed by atoms with Crippen LogP contribution in [0.3, 0.4) is 0 Å². The topological polar surface area (TPSA) is 46.5 Å². The van der Waals surface area contributed by atoms with E-state index in [1.54, 1.807) is 12.1 Å². The highest BCUT2D eigenvalue weighted by Crippen LogP contribution is 2.27. The highest BCUT2D eigenvalue weighted by Gasteiger charge is 2.03. The van der Waals surface area contributed by atoms with E-state index in [0.29, 0.717) is 5.75 Å². The molecule has 1 atom stereocenters. The molecule has 4 heteroatoms. The molecule has 0 fully saturated rings. The summed E-state index contributed by atoms with van der Waals surface area (Å²) in [5.74, 6) is 0.524. The van der Waals surface area contributed by atoms with E-state index < -0.39 is 8.25 Å². The number of hydrogen-bond acceptors (Lipinski definition) is 2. The Kier molecular flexibility index (Phi) is 4.00. The molecule has 0 saturated heterocycles. The van der Waals surface area contributed by atoms with E-state index in [2.05, 4.69) is 6.92 Å². The summed E-state index contributed by atoms with van der Waals surface area (Å²) in [7, 11) is -2.88. The first-order valence-electron chi connectivity index (χ1n) is 4.22. The molecule has 0 aliphatic rings. The summed E-state index contributed by atoms with van der Waals surface area (Å²) in [6.07, 6.45) is 1.86. The smallest absolute Gasteiger partial charge is 0.365 e. The molecule has 0 bridgehead atoms. The molecule has 0 aliphatic heterocycles. The van der Waals surface area contributed by atoms with Crippen LogP contribution in [0.15, 0.2) is 24.3 Å². The van der Waals surface area contributed by atoms with Gasteiger partial charge >= 0.3 is 8.25 Å². The molecular formula is C9H13O3P. The Hall–Kier alpha value is -0.790. The summed E-state index contributed by atoms with van der Waals surface area (Å²) in [6.45, 7) is 2.05. The molecule has 0 heterocycles. The quantitative estimate of drug-likeness (QED) is 0.759. The average Bonchev–Trinajstić information content (AvgIpc) is 2.08. The van der Waals surface area contributed by atoms with Gasteiger partial charge in [0.25, 0.3) is 0 Å². The second-order valence-corrected chi connectivity index (χ2v) is 3.46. The molecule has 0 radical (unpaired) electrons. The Labute approximate surface area is 78.3 Å². The van der Waals surface area contributed by atoms with Crippen LogP contribution in [0.5, 0.6) is 5.75 Å². The van der Waals surface area contributed by atoms with E-state index in [1.165, 1.54) is 0 Å². The van der Waals surface area contributed by atoms with Crippen molar-refractivity contribution in [1.82, 2.24) is 0 Å². The van der Waals surface area contributed by atoms with E-state index >= 15 is 0 Å². The van der Waals surface area contributed by atoms with Gasteiger partial charge < -0.3 is 9.42 Å². The second kappa shape index (κ2) is 5.05. The van der Waals surface area contributed by atoms with Crippen molar-refractivity contribution in [3.05, 3.63) is 29.8 Å². The van der Waals surface area contributed by atoms with Crippen LogP contribution < -0.4 is 4.52 Å². The lowest BCUT2D eigenvalue weighted by Crippen LogP contribution is -1.89. The summed E-state index contributed by atoms with van der Waals surface area (Å²) >= 11 is 0. The van der Waals surface area contributed by atoms with Gasteiger partial charge in [0.15, 0.2) is 0 Å². The van der Waals surface area contributed by atoms with Crippen LogP contribution in [0, 0.1) is 0 Å². The first-order chi connectivity index (χ1) is 6.24. The fourth-order valence-corrected chi connectivity index (χ4v) is 1.56. The second-order valence-electron chi connectivity index (χ2n) is 2.73. The van der Waals surface area contributed by atoms with Crippen molar-refractivity contribution in [2.75, 3.05) is 0 Å². The van der Waals surface area contributed by atoms with Crippen molar-refractivity contribution in [2.45, 2.75) is 19.8 Å². The summed E-state index contributed by atoms with van der Waals surface area (Å²) in [6, 6.07) is 7.30. The van der Waals surface area contributed by atoms with Gasteiger partial charge in [-0.25, -0.2) is 4.57 Å². The number of hydrogen-bond donors (Lipinski definition) is 1. The highest BCUT2D eigenvalue weighted by atomic mass is 31.1. The van der Waals surface area contributed by atoms with Crippen molar-refractivity contribution >= 4 is 8.25 Å². The Morgan fingerprint density at radius 3 is 2.77 bits per heavy atom. The lowest BCUT2D eigenvalue weighted by molar-refractivity contribution is 0.408. The predicted octanol–water partition coefficient (Wildman–Crippen LogP) is 2.40. The Morgan fingerprint density at radius 1 is 1.46 bits per heavy atom. The van der Waals surface area contributed by atoms with E-state index in [-0.39, 0.29) is 0 Å². The first-order valence-corrected chi connectivity index (χ1v) is 5.49. The van der Waals surface area contributed by atoms with Gasteiger partial charge in [0.1, 0.15) is 5.75 Å². The molecule has 0 aliphatic carbocycles. The average molecular weight is 200 g/mol. The van der Waals surface area contributed by atoms with Crippen LogP contribution >= 0.6 is 8.25 Å². The zero-order valence-electron chi connectivity index (χ0n) is 7.49. The largest absolute Gasteiger partial charge is 0.426 e. The zero-order valence-corrected chi connectivity index (χ0v) is 8.49. The Bertz CT molecular complexity index is 299. The van der Waals surface area contributed by atoms with Gasteiger partial charge in [-0.2, -0.15) is 0 Å². The fourth-order valence-electron chi connectivity index (χ4n) is 1.17. The molecule has 0 amide bonds. The molecule has 72 valence electrons. The van der Waals surface area contributed by atoms with Crippen molar-refractivity contribution in [2.24, 2.45) is 0 Å². The summed E-state index contributed by atoms with van der Waals surface area (Å²) in [5, 5.41) is 0. The SMILES string of the molecule is CCCc1ccccc1O[PH](=O)O. The Morgan fingerprint density at radius 2 is 2.15 bits per heavy atom. The molecule has 1 N–H and O–H groups in total. The van der Waals surface area contributed by atoms with Gasteiger partial charge in [-0.05, 0) is 18.1 Å². The van der Waals surface area contributed by atoms with E-state index in [4.69, 9.17) is 9.42 Å². The van der Waals surface area contributed by atoms with Gasteiger partial charge in [0.05, 0.1) is 0 Å². The normalized spacial score (nSPS) is 12.5. The van der Waals surface area contributed by atoms with Crippen molar-refractivity contribution in [3.8, 4) is 5.75 Å². The third-order valence-corrected chi connectivity index (χ3v) is 2.08. The maximum atomic E-state index is 10.5. The van der Waals surface area contributed by atoms with Gasteiger partial charge in [-0.3, -0.25) is 0 Å². The van der Waals surface area contributed by atoms with Crippen molar-refractivity contribution in [1.29, 1.82) is 0 Å². The van der Waals surface area contributed by atoms with Crippen LogP contribution in [0.1, 0.15) is 18.9 Å². The lowest BCUT2D eigenvalue weighted by atomic mass is 10.1. The summed E-state index contributed by atoms with van der Waals surface area (Å²) in [4.78, 5) is 8.62. The number of para-hydroxylation sites is 1. The van der Waals surface area contributed by atoms with Gasteiger partial charge in [-0.15, -0.1) is 0 Å². The molecule has 1 aromatic rings. The molecule has 0 saturated carbocycles. The van der Waals surface area contributed by atoms with Crippen LogP contribution in [-0.4, -0.2) is 4.89 Å². The maximum absolute atomic E-state index is 10.5. The standard InChI is InChI=1S/C9H13O3P/c1-2-5-8-6-3-4-7-9(8)12-13(10)11/h3-4,6-7,13H,2,5H2,1H3,(H,10,11). The van der Waals surface area contributed by atoms with Crippen LogP contribution in [0.25, 0.3) is 0 Å². The first kappa shape index (κ1) is 10.3. The third kappa shape index (κ3) is 3.21. The molecule has 1 aromatic carbocycles. The molecule has 0 aromatic heterocycles. The van der Waals surface area contributed by atoms with Crippen molar-refractivity contribution in [3.63, 3.8) is 0 Å². The zero-order chi connectivity index (χ0) is 9.68. The van der Waals surface area contributed by atoms with Gasteiger partial charge in [-0.1, -0.05) is 31.5 Å². The monoisotopic (exact) mass is 200 g/mol. The van der Waals surface area contributed by atoms with E-state index in [9.17, 15) is 4.57 Å². The number of rotatable bonds is 4. The summed E-state index contributed by atoms with van der Waals surface area (Å²) < 4.78 is 15.3. The number of aryl methyl sites for hydroxylation is 1. The molecular weight excluding hydrogens is 187 g/mol. The number of benzene rings is 1. The minimum Gasteiger partial charge on any atom is -0.426 e. The van der Waals surface area contributed by atoms with E-state index in [1.807, 2.05) is 12.1 Å². The third-order valence-electron chi connectivity index (χ3n) is 1.69. The molecule has 3 nitrogen and oxygen atoms in total. The predicted molar refractivity (Wildman–Crippen MR) is 52.3 cm³/mol. The molecule has 0 spiro atoms. The van der Waals surface area contributed by atoms with Crippen LogP contribution in [0.2, 0.25) is 0 Å². The van der Waals surface area contributed by atoms with Gasteiger partial charge in [0, 0.05) is 0 Å².